The third kappa shape index (κ3) is 8.27. The molecule has 13 heteroatoms. The standard InChI is InChI=1S/C33H50N8O4.ClH/c1-6-38(25-13-9-24(34)10-14-25)21-23-7-11-26(12-8-23)41-16-15-27(36-31(41)44)35-30(43)40-19-17-39(18-20-40)29(42)33(5)22-45-28(37-33)32(2,3)4;/h7-8,11-12,15-16,24-25,28,37H,6,9-10,13-14,17-22,34H2,1-5H3,(H,35,36,43,44);1H/t24-,25-,28-,33+;/m1./s1. The molecule has 1 saturated carbocycles. The number of aromatic nitrogens is 2. The SMILES string of the molecule is CCN(Cc1ccc(-n2ccc(NC(=O)N3CCN(C(=O)[C@]4(C)CO[C@H](C(C)(C)C)N4)CC3)nc2=O)cc1)[C@H]1CC[C@H](N)CC1.Cl. The summed E-state index contributed by atoms with van der Waals surface area (Å²) in [6, 6.07) is 10.1. The number of nitrogens with zero attached hydrogens (tertiary/aromatic N) is 5. The van der Waals surface area contributed by atoms with Gasteiger partial charge in [-0.15, -0.1) is 12.4 Å². The predicted octanol–water partition coefficient (Wildman–Crippen LogP) is 3.17. The summed E-state index contributed by atoms with van der Waals surface area (Å²) in [7, 11) is 0. The number of halogens is 1. The molecule has 12 nitrogen and oxygen atoms in total. The number of piperazine rings is 1. The number of nitrogens with two attached hydrogens (primary N) is 1. The van der Waals surface area contributed by atoms with Gasteiger partial charge in [-0.3, -0.25) is 24.9 Å². The van der Waals surface area contributed by atoms with Crippen molar-refractivity contribution in [2.75, 3.05) is 44.6 Å². The van der Waals surface area contributed by atoms with Crippen molar-refractivity contribution in [2.24, 2.45) is 11.1 Å². The first-order valence-corrected chi connectivity index (χ1v) is 16.3. The highest BCUT2D eigenvalue weighted by Gasteiger charge is 2.47. The van der Waals surface area contributed by atoms with Gasteiger partial charge >= 0.3 is 11.7 Å². The summed E-state index contributed by atoms with van der Waals surface area (Å²) >= 11 is 0. The van der Waals surface area contributed by atoms with E-state index in [9.17, 15) is 14.4 Å². The van der Waals surface area contributed by atoms with Crippen LogP contribution in [-0.4, -0.2) is 99.4 Å². The Bertz CT molecular complexity index is 1400. The number of nitrogens with one attached hydrogen (secondary N) is 2. The molecule has 2 aliphatic heterocycles. The van der Waals surface area contributed by atoms with Gasteiger partial charge in [-0.05, 0) is 62.9 Å². The zero-order chi connectivity index (χ0) is 32.4. The Labute approximate surface area is 278 Å². The number of carbonyl (C=O) groups is 2. The first kappa shape index (κ1) is 35.8. The van der Waals surface area contributed by atoms with Crippen molar-refractivity contribution in [2.45, 2.75) is 90.7 Å². The van der Waals surface area contributed by atoms with E-state index in [1.54, 1.807) is 22.1 Å². The summed E-state index contributed by atoms with van der Waals surface area (Å²) in [5.74, 6) is 0.167. The minimum atomic E-state index is -0.795. The van der Waals surface area contributed by atoms with E-state index in [4.69, 9.17) is 10.5 Å². The number of hydrogen-bond donors (Lipinski definition) is 3. The molecule has 254 valence electrons. The van der Waals surface area contributed by atoms with Gasteiger partial charge in [-0.2, -0.15) is 4.98 Å². The van der Waals surface area contributed by atoms with Gasteiger partial charge in [0.1, 0.15) is 17.6 Å². The van der Waals surface area contributed by atoms with E-state index in [1.165, 1.54) is 10.1 Å². The van der Waals surface area contributed by atoms with E-state index < -0.39 is 11.2 Å². The van der Waals surface area contributed by atoms with Crippen molar-refractivity contribution in [1.29, 1.82) is 0 Å². The van der Waals surface area contributed by atoms with Crippen LogP contribution in [-0.2, 0) is 16.1 Å². The third-order valence-electron chi connectivity index (χ3n) is 9.40. The van der Waals surface area contributed by atoms with Crippen LogP contribution in [0.4, 0.5) is 10.6 Å². The van der Waals surface area contributed by atoms with Gasteiger partial charge in [0.05, 0.1) is 12.3 Å². The lowest BCUT2D eigenvalue weighted by molar-refractivity contribution is -0.138. The van der Waals surface area contributed by atoms with E-state index in [-0.39, 0.29) is 41.8 Å². The summed E-state index contributed by atoms with van der Waals surface area (Å²) in [5.41, 5.74) is 6.61. The fourth-order valence-electron chi connectivity index (χ4n) is 6.49. The Balaban J connectivity index is 0.00000480. The van der Waals surface area contributed by atoms with Crippen LogP contribution in [0.5, 0.6) is 0 Å². The summed E-state index contributed by atoms with van der Waals surface area (Å²) in [6.45, 7) is 14.0. The molecule has 0 radical (unpaired) electrons. The molecule has 3 aliphatic rings. The minimum absolute atomic E-state index is 0. The molecule has 1 aromatic carbocycles. The van der Waals surface area contributed by atoms with E-state index in [0.29, 0.717) is 50.6 Å². The number of hydrogen-bond acceptors (Lipinski definition) is 8. The van der Waals surface area contributed by atoms with Gasteiger partial charge in [0.25, 0.3) is 0 Å². The van der Waals surface area contributed by atoms with Crippen LogP contribution in [0, 0.1) is 5.41 Å². The quantitative estimate of drug-likeness (QED) is 0.413. The number of rotatable bonds is 7. The van der Waals surface area contributed by atoms with Crippen LogP contribution in [0.3, 0.4) is 0 Å². The third-order valence-corrected chi connectivity index (χ3v) is 9.40. The first-order chi connectivity index (χ1) is 21.4. The highest BCUT2D eigenvalue weighted by molar-refractivity contribution is 5.89. The van der Waals surface area contributed by atoms with Crippen molar-refractivity contribution >= 4 is 30.2 Å². The molecule has 4 N–H and O–H groups in total. The fourth-order valence-corrected chi connectivity index (χ4v) is 6.49. The van der Waals surface area contributed by atoms with Crippen LogP contribution < -0.4 is 22.1 Å². The first-order valence-electron chi connectivity index (χ1n) is 16.3. The van der Waals surface area contributed by atoms with Crippen LogP contribution in [0.15, 0.2) is 41.3 Å². The highest BCUT2D eigenvalue weighted by atomic mass is 35.5. The predicted molar refractivity (Wildman–Crippen MR) is 181 cm³/mol. The van der Waals surface area contributed by atoms with Crippen molar-refractivity contribution < 1.29 is 14.3 Å². The lowest BCUT2D eigenvalue weighted by atomic mass is 9.90. The number of carbonyl (C=O) groups excluding carboxylic acids is 2. The Morgan fingerprint density at radius 3 is 2.26 bits per heavy atom. The second kappa shape index (κ2) is 14.8. The van der Waals surface area contributed by atoms with E-state index in [2.05, 4.69) is 60.3 Å². The molecule has 0 spiro atoms. The number of urea groups is 1. The molecule has 3 amide bonds. The maximum Gasteiger partial charge on any atom is 0.354 e. The molecule has 3 fully saturated rings. The number of anilines is 1. The van der Waals surface area contributed by atoms with Crippen molar-refractivity contribution in [3.05, 3.63) is 52.6 Å². The van der Waals surface area contributed by atoms with Gasteiger partial charge in [-0.25, -0.2) is 9.59 Å². The molecule has 2 atom stereocenters. The van der Waals surface area contributed by atoms with Crippen molar-refractivity contribution in [1.82, 2.24) is 29.6 Å². The lowest BCUT2D eigenvalue weighted by Crippen LogP contribution is -2.61. The second-order valence-corrected chi connectivity index (χ2v) is 14.0. The van der Waals surface area contributed by atoms with Crippen LogP contribution in [0.2, 0.25) is 0 Å². The maximum atomic E-state index is 13.3. The molecule has 46 heavy (non-hydrogen) atoms. The molecule has 0 unspecified atom stereocenters. The molecular weight excluding hydrogens is 608 g/mol. The van der Waals surface area contributed by atoms with Gasteiger partial charge in [0.2, 0.25) is 5.91 Å². The molecule has 2 saturated heterocycles. The van der Waals surface area contributed by atoms with Crippen LogP contribution in [0.1, 0.15) is 65.9 Å². The smallest absolute Gasteiger partial charge is 0.354 e. The van der Waals surface area contributed by atoms with Gasteiger partial charge < -0.3 is 20.3 Å². The number of ether oxygens (including phenoxy) is 1. The monoisotopic (exact) mass is 658 g/mol. The van der Waals surface area contributed by atoms with Crippen LogP contribution >= 0.6 is 12.4 Å². The Hall–Kier alpha value is -3.03. The molecule has 0 bridgehead atoms. The summed E-state index contributed by atoms with van der Waals surface area (Å²) < 4.78 is 7.36. The average Bonchev–Trinajstić information content (AvgIpc) is 3.44. The Morgan fingerprint density at radius 2 is 1.70 bits per heavy atom. The maximum absolute atomic E-state index is 13.3. The number of benzene rings is 1. The average molecular weight is 659 g/mol. The van der Waals surface area contributed by atoms with Crippen molar-refractivity contribution in [3.63, 3.8) is 0 Å². The summed E-state index contributed by atoms with van der Waals surface area (Å²) in [6.07, 6.45) is 5.86. The van der Waals surface area contributed by atoms with E-state index in [1.807, 2.05) is 19.1 Å². The molecule has 3 heterocycles. The Kier molecular flexibility index (Phi) is 11.5. The van der Waals surface area contributed by atoms with Gasteiger partial charge in [0, 0.05) is 56.4 Å². The van der Waals surface area contributed by atoms with Crippen LogP contribution in [0.25, 0.3) is 5.69 Å². The van der Waals surface area contributed by atoms with Gasteiger partial charge in [-0.1, -0.05) is 39.8 Å². The fraction of sp³-hybridized carbons (Fsp3) is 0.636. The topological polar surface area (TPSA) is 138 Å². The minimum Gasteiger partial charge on any atom is -0.360 e. The molecule has 1 aliphatic carbocycles. The normalized spacial score (nSPS) is 25.3. The molecule has 5 rings (SSSR count). The summed E-state index contributed by atoms with van der Waals surface area (Å²) in [4.78, 5) is 49.2. The van der Waals surface area contributed by atoms with Crippen molar-refractivity contribution in [3.8, 4) is 5.69 Å². The summed E-state index contributed by atoms with van der Waals surface area (Å²) in [5, 5.41) is 6.11. The van der Waals surface area contributed by atoms with E-state index >= 15 is 0 Å². The number of amides is 3. The molecule has 1 aromatic heterocycles. The van der Waals surface area contributed by atoms with Gasteiger partial charge in [0.15, 0.2) is 0 Å². The zero-order valence-electron chi connectivity index (χ0n) is 27.8. The molecule has 2 aromatic rings. The Morgan fingerprint density at radius 1 is 1.07 bits per heavy atom. The highest BCUT2D eigenvalue weighted by Crippen LogP contribution is 2.29. The molecular formula is C33H51ClN8O4. The second-order valence-electron chi connectivity index (χ2n) is 14.0. The van der Waals surface area contributed by atoms with E-state index in [0.717, 1.165) is 38.8 Å². The lowest BCUT2D eigenvalue weighted by Gasteiger charge is -2.38. The largest absolute Gasteiger partial charge is 0.360 e. The zero-order valence-corrected chi connectivity index (χ0v) is 28.6.